The number of hydrogen-bond donors (Lipinski definition) is 0. The molecule has 21 heavy (non-hydrogen) atoms. The van der Waals surface area contributed by atoms with E-state index < -0.39 is 6.04 Å². The summed E-state index contributed by atoms with van der Waals surface area (Å²) in [4.78, 5) is 15.2. The minimum absolute atomic E-state index is 0.0141. The summed E-state index contributed by atoms with van der Waals surface area (Å²) in [6.07, 6.45) is 1.45. The Bertz CT molecular complexity index is 719. The molecule has 0 unspecified atom stereocenters. The molecule has 6 nitrogen and oxygen atoms in total. The molecular weight excluding hydrogens is 286 g/mol. The van der Waals surface area contributed by atoms with E-state index in [1.165, 1.54) is 21.1 Å². The van der Waals surface area contributed by atoms with Crippen LogP contribution in [0.4, 0.5) is 0 Å². The lowest BCUT2D eigenvalue weighted by Gasteiger charge is -2.20. The van der Waals surface area contributed by atoms with Crippen LogP contribution in [-0.2, 0) is 11.3 Å². The van der Waals surface area contributed by atoms with Crippen LogP contribution in [0.15, 0.2) is 36.7 Å². The minimum Gasteiger partial charge on any atom is -0.339 e. The summed E-state index contributed by atoms with van der Waals surface area (Å²) in [7, 11) is 1.80. The highest BCUT2D eigenvalue weighted by Gasteiger charge is 2.20. The van der Waals surface area contributed by atoms with Crippen molar-refractivity contribution in [2.24, 2.45) is 0 Å². The Morgan fingerprint density at radius 2 is 2.24 bits per heavy atom. The highest BCUT2D eigenvalue weighted by Crippen LogP contribution is 2.26. The van der Waals surface area contributed by atoms with Crippen molar-refractivity contribution < 1.29 is 4.79 Å². The number of likely N-dealkylation sites (N-methyl/N-ethyl adjacent to an activating group) is 1. The zero-order valence-electron chi connectivity index (χ0n) is 11.8. The Morgan fingerprint density at radius 3 is 2.95 bits per heavy atom. The lowest BCUT2D eigenvalue weighted by molar-refractivity contribution is -0.133. The second-order valence-electron chi connectivity index (χ2n) is 4.91. The highest BCUT2D eigenvalue weighted by molar-refractivity contribution is 7.19. The van der Waals surface area contributed by atoms with Crippen molar-refractivity contribution in [2.45, 2.75) is 19.5 Å². The number of nitrogens with zero attached hydrogens (tertiary/aromatic N) is 5. The number of carbonyl (C=O) groups is 1. The van der Waals surface area contributed by atoms with Gasteiger partial charge in [0.1, 0.15) is 12.4 Å². The maximum atomic E-state index is 12.4. The topological polar surface area (TPSA) is 63.9 Å². The van der Waals surface area contributed by atoms with Gasteiger partial charge in [-0.1, -0.05) is 18.2 Å². The standard InChI is InChI=1S/C14H15N5OS/c1-10(19-9-15-16-17-19)14(20)18(2)8-12-7-11-5-3-4-6-13(11)21-12/h3-7,9-10H,8H2,1-2H3/t10-/m0/s1. The van der Waals surface area contributed by atoms with Gasteiger partial charge < -0.3 is 4.90 Å². The smallest absolute Gasteiger partial charge is 0.247 e. The van der Waals surface area contributed by atoms with E-state index in [1.807, 2.05) is 12.1 Å². The van der Waals surface area contributed by atoms with Crippen molar-refractivity contribution in [2.75, 3.05) is 7.05 Å². The van der Waals surface area contributed by atoms with Crippen molar-refractivity contribution in [1.29, 1.82) is 0 Å². The zero-order valence-corrected chi connectivity index (χ0v) is 12.6. The Kier molecular flexibility index (Phi) is 3.66. The first-order valence-corrected chi connectivity index (χ1v) is 7.41. The summed E-state index contributed by atoms with van der Waals surface area (Å²) in [5.74, 6) is -0.0141. The second-order valence-corrected chi connectivity index (χ2v) is 6.08. The van der Waals surface area contributed by atoms with E-state index in [1.54, 1.807) is 30.2 Å². The van der Waals surface area contributed by atoms with Crippen molar-refractivity contribution in [1.82, 2.24) is 25.1 Å². The highest BCUT2D eigenvalue weighted by atomic mass is 32.1. The fourth-order valence-corrected chi connectivity index (χ4v) is 3.32. The molecule has 0 aliphatic heterocycles. The molecule has 7 heteroatoms. The fourth-order valence-electron chi connectivity index (χ4n) is 2.20. The molecule has 2 aromatic heterocycles. The lowest BCUT2D eigenvalue weighted by Crippen LogP contribution is -2.32. The number of benzene rings is 1. The van der Waals surface area contributed by atoms with E-state index in [0.717, 1.165) is 4.88 Å². The van der Waals surface area contributed by atoms with Gasteiger partial charge in [0.15, 0.2) is 0 Å². The number of aromatic nitrogens is 4. The third kappa shape index (κ3) is 2.78. The third-order valence-electron chi connectivity index (χ3n) is 3.36. The molecule has 0 radical (unpaired) electrons. The Balaban J connectivity index is 1.73. The number of amides is 1. The number of tetrazole rings is 1. The molecule has 2 heterocycles. The second kappa shape index (κ2) is 5.61. The first-order valence-electron chi connectivity index (χ1n) is 6.60. The SMILES string of the molecule is C[C@@H](C(=O)N(C)Cc1cc2ccccc2s1)n1cnnn1. The van der Waals surface area contributed by atoms with Crippen LogP contribution in [0.2, 0.25) is 0 Å². The number of carbonyl (C=O) groups excluding carboxylic acids is 1. The van der Waals surface area contributed by atoms with E-state index in [9.17, 15) is 4.79 Å². The van der Waals surface area contributed by atoms with Gasteiger partial charge in [-0.05, 0) is 34.9 Å². The Morgan fingerprint density at radius 1 is 1.43 bits per heavy atom. The molecule has 0 aliphatic carbocycles. The monoisotopic (exact) mass is 301 g/mol. The summed E-state index contributed by atoms with van der Waals surface area (Å²) < 4.78 is 2.70. The largest absolute Gasteiger partial charge is 0.339 e. The number of fused-ring (bicyclic) bond motifs is 1. The summed E-state index contributed by atoms with van der Waals surface area (Å²) in [6, 6.07) is 9.95. The van der Waals surface area contributed by atoms with Crippen LogP contribution in [0.25, 0.3) is 10.1 Å². The Hall–Kier alpha value is -2.28. The average Bonchev–Trinajstić information content (AvgIpc) is 3.14. The van der Waals surface area contributed by atoms with Crippen molar-refractivity contribution in [3.8, 4) is 0 Å². The van der Waals surface area contributed by atoms with Gasteiger partial charge in [-0.25, -0.2) is 4.68 Å². The maximum absolute atomic E-state index is 12.4. The van der Waals surface area contributed by atoms with Crippen LogP contribution >= 0.6 is 11.3 Å². The molecule has 1 amide bonds. The van der Waals surface area contributed by atoms with E-state index in [-0.39, 0.29) is 5.91 Å². The predicted molar refractivity (Wildman–Crippen MR) is 80.8 cm³/mol. The maximum Gasteiger partial charge on any atom is 0.247 e. The van der Waals surface area contributed by atoms with Gasteiger partial charge >= 0.3 is 0 Å². The van der Waals surface area contributed by atoms with Gasteiger partial charge in [0.25, 0.3) is 0 Å². The summed E-state index contributed by atoms with van der Waals surface area (Å²) in [5.41, 5.74) is 0. The zero-order chi connectivity index (χ0) is 14.8. The molecule has 0 saturated heterocycles. The molecule has 0 N–H and O–H groups in total. The quantitative estimate of drug-likeness (QED) is 0.740. The Labute approximate surface area is 126 Å². The molecule has 0 spiro atoms. The van der Waals surface area contributed by atoms with Crippen LogP contribution in [0.3, 0.4) is 0 Å². The third-order valence-corrected chi connectivity index (χ3v) is 4.47. The predicted octanol–water partition coefficient (Wildman–Crippen LogP) is 2.11. The first kappa shape index (κ1) is 13.7. The van der Waals surface area contributed by atoms with Gasteiger partial charge in [-0.3, -0.25) is 4.79 Å². The van der Waals surface area contributed by atoms with Gasteiger partial charge in [0.2, 0.25) is 5.91 Å². The number of hydrogen-bond acceptors (Lipinski definition) is 5. The minimum atomic E-state index is -0.403. The normalized spacial score (nSPS) is 12.5. The number of thiophene rings is 1. The van der Waals surface area contributed by atoms with Gasteiger partial charge in [-0.2, -0.15) is 0 Å². The first-order chi connectivity index (χ1) is 10.1. The molecule has 0 fully saturated rings. The van der Waals surface area contributed by atoms with Gasteiger partial charge in [0.05, 0.1) is 6.54 Å². The molecule has 1 aromatic carbocycles. The van der Waals surface area contributed by atoms with Crippen LogP contribution in [0, 0.1) is 0 Å². The molecule has 108 valence electrons. The van der Waals surface area contributed by atoms with E-state index in [0.29, 0.717) is 6.54 Å². The number of rotatable bonds is 4. The molecule has 3 rings (SSSR count). The fraction of sp³-hybridized carbons (Fsp3) is 0.286. The van der Waals surface area contributed by atoms with Crippen molar-refractivity contribution in [3.05, 3.63) is 41.5 Å². The van der Waals surface area contributed by atoms with E-state index >= 15 is 0 Å². The van der Waals surface area contributed by atoms with Gasteiger partial charge in [-0.15, -0.1) is 16.4 Å². The van der Waals surface area contributed by atoms with E-state index in [4.69, 9.17) is 0 Å². The van der Waals surface area contributed by atoms with Crippen LogP contribution < -0.4 is 0 Å². The molecule has 1 atom stereocenters. The lowest BCUT2D eigenvalue weighted by atomic mass is 10.2. The van der Waals surface area contributed by atoms with Crippen molar-refractivity contribution >= 4 is 27.3 Å². The van der Waals surface area contributed by atoms with Crippen molar-refractivity contribution in [3.63, 3.8) is 0 Å². The van der Waals surface area contributed by atoms with Crippen LogP contribution in [0.5, 0.6) is 0 Å². The summed E-state index contributed by atoms with van der Waals surface area (Å²) in [6.45, 7) is 2.38. The molecule has 0 bridgehead atoms. The van der Waals surface area contributed by atoms with Crippen LogP contribution in [-0.4, -0.2) is 38.1 Å². The van der Waals surface area contributed by atoms with Gasteiger partial charge in [0, 0.05) is 16.6 Å². The summed E-state index contributed by atoms with van der Waals surface area (Å²) in [5, 5.41) is 12.1. The molecular formula is C14H15N5OS. The molecule has 0 aliphatic rings. The van der Waals surface area contributed by atoms with E-state index in [2.05, 4.69) is 33.7 Å². The molecule has 0 saturated carbocycles. The summed E-state index contributed by atoms with van der Waals surface area (Å²) >= 11 is 1.71. The van der Waals surface area contributed by atoms with Crippen LogP contribution in [0.1, 0.15) is 17.8 Å². The molecule has 3 aromatic rings. The average molecular weight is 301 g/mol.